The van der Waals surface area contributed by atoms with Crippen molar-refractivity contribution in [2.24, 2.45) is 5.73 Å². The van der Waals surface area contributed by atoms with Gasteiger partial charge in [-0.3, -0.25) is 9.59 Å². The number of aldehydes is 2. The van der Waals surface area contributed by atoms with Gasteiger partial charge in [-0.15, -0.1) is 0 Å². The minimum Gasteiger partial charge on any atom is -0.486 e. The van der Waals surface area contributed by atoms with E-state index in [0.717, 1.165) is 24.9 Å². The zero-order valence-corrected chi connectivity index (χ0v) is 16.4. The molecule has 7 nitrogen and oxygen atoms in total. The quantitative estimate of drug-likeness (QED) is 0.353. The third kappa shape index (κ3) is 11.9. The summed E-state index contributed by atoms with van der Waals surface area (Å²) in [5, 5.41) is 5.67. The lowest BCUT2D eigenvalue weighted by Gasteiger charge is -2.15. The zero-order valence-electron chi connectivity index (χ0n) is 16.4. The van der Waals surface area contributed by atoms with Crippen LogP contribution >= 0.6 is 0 Å². The van der Waals surface area contributed by atoms with Gasteiger partial charge in [0.2, 0.25) is 5.91 Å². The van der Waals surface area contributed by atoms with Crippen LogP contribution in [-0.2, 0) is 14.4 Å². The second-order valence-corrected chi connectivity index (χ2v) is 5.91. The van der Waals surface area contributed by atoms with Crippen LogP contribution in [0.3, 0.4) is 0 Å². The number of nitrogens with one attached hydrogen (secondary N) is 2. The van der Waals surface area contributed by atoms with Gasteiger partial charge in [0.1, 0.15) is 18.6 Å². The summed E-state index contributed by atoms with van der Waals surface area (Å²) in [6.07, 6.45) is 5.97. The van der Waals surface area contributed by atoms with Crippen molar-refractivity contribution in [2.45, 2.75) is 38.0 Å². The van der Waals surface area contributed by atoms with Crippen LogP contribution in [0.25, 0.3) is 0 Å². The highest BCUT2D eigenvalue weighted by atomic mass is 16.5. The Kier molecular flexibility index (Phi) is 15.7. The van der Waals surface area contributed by atoms with Crippen LogP contribution in [0.5, 0.6) is 5.75 Å². The van der Waals surface area contributed by atoms with Crippen molar-refractivity contribution in [1.29, 1.82) is 0 Å². The lowest BCUT2D eigenvalue weighted by Crippen LogP contribution is -2.25. The molecule has 0 aliphatic carbocycles. The van der Waals surface area contributed by atoms with Crippen LogP contribution in [0.15, 0.2) is 24.3 Å². The van der Waals surface area contributed by atoms with Crippen molar-refractivity contribution in [1.82, 2.24) is 10.6 Å². The molecule has 0 aliphatic rings. The van der Waals surface area contributed by atoms with Gasteiger partial charge < -0.3 is 25.9 Å². The number of hydrogen-bond donors (Lipinski definition) is 3. The first-order chi connectivity index (χ1) is 13.1. The molecule has 0 saturated carbocycles. The highest BCUT2D eigenvalue weighted by molar-refractivity contribution is 5.83. The van der Waals surface area contributed by atoms with E-state index in [1.165, 1.54) is 19.3 Å². The van der Waals surface area contributed by atoms with E-state index < -0.39 is 0 Å². The number of rotatable bonds is 13. The second kappa shape index (κ2) is 17.2. The van der Waals surface area contributed by atoms with E-state index in [4.69, 9.17) is 10.5 Å². The predicted molar refractivity (Wildman–Crippen MR) is 107 cm³/mol. The third-order valence-corrected chi connectivity index (χ3v) is 3.87. The minimum atomic E-state index is -0.352. The molecule has 1 amide bonds. The molecule has 4 N–H and O–H groups in total. The number of benzene rings is 1. The van der Waals surface area contributed by atoms with Crippen LogP contribution in [0.1, 0.15) is 43.6 Å². The van der Waals surface area contributed by atoms with Crippen LogP contribution in [0, 0.1) is 0 Å². The van der Waals surface area contributed by atoms with Crippen molar-refractivity contribution in [3.05, 3.63) is 29.8 Å². The summed E-state index contributed by atoms with van der Waals surface area (Å²) in [7, 11) is 3.54. The van der Waals surface area contributed by atoms with Gasteiger partial charge in [-0.25, -0.2) is 0 Å². The van der Waals surface area contributed by atoms with Crippen LogP contribution in [0.2, 0.25) is 0 Å². The number of carbonyl (C=O) groups excluding carboxylic acids is 3. The molecule has 1 aromatic rings. The largest absolute Gasteiger partial charge is 0.486 e. The molecule has 0 aromatic heterocycles. The lowest BCUT2D eigenvalue weighted by atomic mass is 9.93. The smallest absolute Gasteiger partial charge is 0.227 e. The summed E-state index contributed by atoms with van der Waals surface area (Å²) >= 11 is 0. The molecule has 152 valence electrons. The molecule has 0 aliphatic heterocycles. The van der Waals surface area contributed by atoms with Gasteiger partial charge in [-0.2, -0.15) is 0 Å². The molecule has 7 heteroatoms. The van der Waals surface area contributed by atoms with E-state index >= 15 is 0 Å². The van der Waals surface area contributed by atoms with Gasteiger partial charge in [0.15, 0.2) is 6.29 Å². The topological polar surface area (TPSA) is 111 Å². The molecule has 27 heavy (non-hydrogen) atoms. The fourth-order valence-corrected chi connectivity index (χ4v) is 2.41. The fourth-order valence-electron chi connectivity index (χ4n) is 2.41. The maximum absolute atomic E-state index is 11.8. The van der Waals surface area contributed by atoms with Crippen LogP contribution in [0.4, 0.5) is 0 Å². The van der Waals surface area contributed by atoms with E-state index in [-0.39, 0.29) is 18.4 Å². The van der Waals surface area contributed by atoms with E-state index in [9.17, 15) is 14.4 Å². The maximum Gasteiger partial charge on any atom is 0.227 e. The number of unbranched alkanes of at least 4 members (excludes halogenated alkanes) is 2. The van der Waals surface area contributed by atoms with Crippen molar-refractivity contribution >= 4 is 18.5 Å². The monoisotopic (exact) mass is 379 g/mol. The van der Waals surface area contributed by atoms with Crippen molar-refractivity contribution < 1.29 is 19.1 Å². The van der Waals surface area contributed by atoms with Gasteiger partial charge in [0.05, 0.1) is 5.92 Å². The summed E-state index contributed by atoms with van der Waals surface area (Å²) in [5.74, 6) is 0.0978. The minimum absolute atomic E-state index is 0.00334. The highest BCUT2D eigenvalue weighted by Gasteiger charge is 2.18. The first-order valence-corrected chi connectivity index (χ1v) is 9.30. The standard InChI is InChI=1S/C14H17NO4.C6H16N2/c1-15-14(18)13(3-2-8-16)11-4-6-12(7-5-11)19-10-9-17;1-8-6-4-2-3-5-7/h4-9,13H,2-3,10H2,1H3,(H,15,18);8H,2-7H2,1H3. The van der Waals surface area contributed by atoms with Crippen molar-refractivity contribution in [3.63, 3.8) is 0 Å². The van der Waals surface area contributed by atoms with Crippen LogP contribution in [-0.4, -0.2) is 52.3 Å². The van der Waals surface area contributed by atoms with Gasteiger partial charge in [0, 0.05) is 13.5 Å². The number of ether oxygens (including phenoxy) is 1. The molecule has 1 atom stereocenters. The van der Waals surface area contributed by atoms with E-state index in [0.29, 0.717) is 24.9 Å². The molecular weight excluding hydrogens is 346 g/mol. The molecule has 0 heterocycles. The normalized spacial score (nSPS) is 10.9. The summed E-state index contributed by atoms with van der Waals surface area (Å²) in [6, 6.07) is 6.95. The number of carbonyl (C=O) groups is 3. The molecule has 1 rings (SSSR count). The molecule has 0 radical (unpaired) electrons. The van der Waals surface area contributed by atoms with Crippen molar-refractivity contribution in [3.8, 4) is 5.75 Å². The van der Waals surface area contributed by atoms with E-state index in [2.05, 4.69) is 10.6 Å². The molecule has 1 aromatic carbocycles. The summed E-state index contributed by atoms with van der Waals surface area (Å²) in [6.45, 7) is 1.97. The van der Waals surface area contributed by atoms with Gasteiger partial charge >= 0.3 is 0 Å². The molecule has 1 unspecified atom stereocenters. The molecule has 0 saturated heterocycles. The fraction of sp³-hybridized carbons (Fsp3) is 0.550. The van der Waals surface area contributed by atoms with Gasteiger partial charge in [0.25, 0.3) is 0 Å². The Hall–Kier alpha value is -2.25. The predicted octanol–water partition coefficient (Wildman–Crippen LogP) is 1.41. The Bertz CT molecular complexity index is 514. The van der Waals surface area contributed by atoms with Gasteiger partial charge in [-0.1, -0.05) is 18.6 Å². The first-order valence-electron chi connectivity index (χ1n) is 9.30. The molecule has 0 bridgehead atoms. The molecular formula is C20H33N3O4. The summed E-state index contributed by atoms with van der Waals surface area (Å²) < 4.78 is 5.13. The number of nitrogens with two attached hydrogens (primary N) is 1. The lowest BCUT2D eigenvalue weighted by molar-refractivity contribution is -0.122. The first kappa shape index (κ1) is 24.8. The average Bonchev–Trinajstić information content (AvgIpc) is 2.71. The zero-order chi connectivity index (χ0) is 20.3. The summed E-state index contributed by atoms with van der Waals surface area (Å²) in [5.41, 5.74) is 6.11. The Morgan fingerprint density at radius 3 is 2.33 bits per heavy atom. The number of likely N-dealkylation sites (N-methyl/N-ethyl adjacent to an activating group) is 1. The Morgan fingerprint density at radius 2 is 1.81 bits per heavy atom. The van der Waals surface area contributed by atoms with E-state index in [1.807, 2.05) is 7.05 Å². The van der Waals surface area contributed by atoms with E-state index in [1.54, 1.807) is 31.3 Å². The third-order valence-electron chi connectivity index (χ3n) is 3.87. The average molecular weight is 380 g/mol. The number of amides is 1. The Balaban J connectivity index is 0.000000713. The molecule has 0 spiro atoms. The Labute approximate surface area is 162 Å². The van der Waals surface area contributed by atoms with Gasteiger partial charge in [-0.05, 0) is 57.1 Å². The highest BCUT2D eigenvalue weighted by Crippen LogP contribution is 2.23. The second-order valence-electron chi connectivity index (χ2n) is 5.91. The van der Waals surface area contributed by atoms with Crippen molar-refractivity contribution in [2.75, 3.05) is 33.8 Å². The van der Waals surface area contributed by atoms with Crippen LogP contribution < -0.4 is 21.1 Å². The molecule has 0 fully saturated rings. The SMILES string of the molecule is CNC(=O)C(CCC=O)c1ccc(OCC=O)cc1.CNCCCCCN. The summed E-state index contributed by atoms with van der Waals surface area (Å²) in [4.78, 5) is 32.4. The Morgan fingerprint density at radius 1 is 1.11 bits per heavy atom. The number of hydrogen-bond acceptors (Lipinski definition) is 6. The maximum atomic E-state index is 11.8.